The first kappa shape index (κ1) is 21.4. The van der Waals surface area contributed by atoms with Crippen LogP contribution in [0.3, 0.4) is 0 Å². The van der Waals surface area contributed by atoms with Crippen molar-refractivity contribution in [1.82, 2.24) is 14.3 Å². The van der Waals surface area contributed by atoms with Gasteiger partial charge in [0.2, 0.25) is 0 Å². The molecule has 0 fully saturated rings. The number of hydrogen-bond acceptors (Lipinski definition) is 4. The number of ether oxygens (including phenoxy) is 1. The summed E-state index contributed by atoms with van der Waals surface area (Å²) in [4.78, 5) is 15.3. The summed E-state index contributed by atoms with van der Waals surface area (Å²) >= 11 is 0. The van der Waals surface area contributed by atoms with Gasteiger partial charge in [-0.3, -0.25) is 14.0 Å². The van der Waals surface area contributed by atoms with Gasteiger partial charge in [0.25, 0.3) is 5.56 Å². The maximum atomic E-state index is 13.2. The average molecular weight is 429 g/mol. The number of benzene rings is 2. The van der Waals surface area contributed by atoms with Gasteiger partial charge >= 0.3 is 0 Å². The number of aryl methyl sites for hydroxylation is 2. The maximum Gasteiger partial charge on any atom is 0.257 e. The molecule has 6 nitrogen and oxygen atoms in total. The third-order valence-electron chi connectivity index (χ3n) is 5.46. The minimum atomic E-state index is -0.0835. The van der Waals surface area contributed by atoms with Crippen LogP contribution >= 0.6 is 0 Å². The van der Waals surface area contributed by atoms with E-state index in [9.17, 15) is 4.79 Å². The molecule has 2 heterocycles. The first-order chi connectivity index (χ1) is 15.5. The second-order valence-electron chi connectivity index (χ2n) is 7.91. The van der Waals surface area contributed by atoms with E-state index in [1.165, 1.54) is 5.56 Å². The van der Waals surface area contributed by atoms with Crippen LogP contribution in [-0.4, -0.2) is 28.0 Å². The number of aromatic nitrogens is 3. The largest absolute Gasteiger partial charge is 0.494 e. The molecule has 0 amide bonds. The lowest BCUT2D eigenvalue weighted by Crippen LogP contribution is -2.24. The van der Waals surface area contributed by atoms with Crippen LogP contribution in [0, 0.1) is 6.92 Å². The number of pyridine rings is 1. The highest BCUT2D eigenvalue weighted by Gasteiger charge is 2.16. The molecule has 2 aromatic heterocycles. The van der Waals surface area contributed by atoms with E-state index in [4.69, 9.17) is 4.74 Å². The molecule has 0 saturated carbocycles. The molecule has 2 aromatic carbocycles. The molecule has 0 N–H and O–H groups in total. The maximum absolute atomic E-state index is 13.2. The van der Waals surface area contributed by atoms with Crippen LogP contribution < -0.4 is 15.2 Å². The van der Waals surface area contributed by atoms with E-state index in [1.54, 1.807) is 15.3 Å². The Labute approximate surface area is 188 Å². The van der Waals surface area contributed by atoms with E-state index in [0.717, 1.165) is 33.8 Å². The molecule has 0 atom stereocenters. The van der Waals surface area contributed by atoms with Gasteiger partial charge < -0.3 is 9.64 Å². The molecule has 4 aromatic rings. The SMILES string of the molecule is CCOc1ccc(-n2cc(-c3cnn(C)c3)c(N(C)Cc3ccccc3)cc2=O)c(C)c1. The van der Waals surface area contributed by atoms with Gasteiger partial charge in [-0.25, -0.2) is 0 Å². The number of hydrogen-bond donors (Lipinski definition) is 0. The van der Waals surface area contributed by atoms with Gasteiger partial charge in [-0.15, -0.1) is 0 Å². The topological polar surface area (TPSA) is 52.3 Å². The van der Waals surface area contributed by atoms with Crippen molar-refractivity contribution < 1.29 is 4.74 Å². The van der Waals surface area contributed by atoms with Gasteiger partial charge in [-0.1, -0.05) is 30.3 Å². The second kappa shape index (κ2) is 9.14. The minimum absolute atomic E-state index is 0.0835. The van der Waals surface area contributed by atoms with Gasteiger partial charge in [0, 0.05) is 50.2 Å². The molecule has 0 radical (unpaired) electrons. The quantitative estimate of drug-likeness (QED) is 0.432. The molecule has 0 aliphatic carbocycles. The summed E-state index contributed by atoms with van der Waals surface area (Å²) in [5, 5.41) is 4.35. The smallest absolute Gasteiger partial charge is 0.257 e. The third kappa shape index (κ3) is 4.44. The molecule has 0 bridgehead atoms. The van der Waals surface area contributed by atoms with Crippen molar-refractivity contribution in [2.75, 3.05) is 18.6 Å². The second-order valence-corrected chi connectivity index (χ2v) is 7.91. The molecule has 32 heavy (non-hydrogen) atoms. The predicted molar refractivity (Wildman–Crippen MR) is 129 cm³/mol. The Bertz CT molecular complexity index is 1270. The van der Waals surface area contributed by atoms with Crippen molar-refractivity contribution in [3.05, 3.63) is 94.7 Å². The van der Waals surface area contributed by atoms with Gasteiger partial charge in [0.1, 0.15) is 5.75 Å². The number of nitrogens with zero attached hydrogens (tertiary/aromatic N) is 4. The fraction of sp³-hybridized carbons (Fsp3) is 0.231. The standard InChI is InChI=1S/C26H28N4O2/c1-5-32-22-11-12-24(19(2)13-22)30-18-23(21-15-27-29(4)17-21)25(14-26(30)31)28(3)16-20-9-7-6-8-10-20/h6-15,17-18H,5,16H2,1-4H3. The first-order valence-corrected chi connectivity index (χ1v) is 10.7. The fourth-order valence-corrected chi connectivity index (χ4v) is 3.91. The highest BCUT2D eigenvalue weighted by Crippen LogP contribution is 2.31. The fourth-order valence-electron chi connectivity index (χ4n) is 3.91. The Kier molecular flexibility index (Phi) is 6.12. The third-order valence-corrected chi connectivity index (χ3v) is 5.46. The van der Waals surface area contributed by atoms with Crippen molar-refractivity contribution in [1.29, 1.82) is 0 Å². The molecule has 0 spiro atoms. The van der Waals surface area contributed by atoms with Crippen molar-refractivity contribution in [2.24, 2.45) is 7.05 Å². The van der Waals surface area contributed by atoms with Crippen molar-refractivity contribution >= 4 is 5.69 Å². The molecule has 164 valence electrons. The molecule has 0 aliphatic heterocycles. The van der Waals surface area contributed by atoms with Crippen LogP contribution in [0.15, 0.2) is 78.0 Å². The highest BCUT2D eigenvalue weighted by atomic mass is 16.5. The van der Waals surface area contributed by atoms with Crippen LogP contribution in [-0.2, 0) is 13.6 Å². The summed E-state index contributed by atoms with van der Waals surface area (Å²) in [5.74, 6) is 0.800. The lowest BCUT2D eigenvalue weighted by Gasteiger charge is -2.23. The Balaban J connectivity index is 1.82. The molecule has 0 unspecified atom stereocenters. The van der Waals surface area contributed by atoms with Crippen LogP contribution in [0.2, 0.25) is 0 Å². The Morgan fingerprint density at radius 2 is 1.84 bits per heavy atom. The Morgan fingerprint density at radius 3 is 2.50 bits per heavy atom. The average Bonchev–Trinajstić information content (AvgIpc) is 3.21. The molecule has 0 aliphatic rings. The van der Waals surface area contributed by atoms with Gasteiger partial charge in [0.15, 0.2) is 0 Å². The minimum Gasteiger partial charge on any atom is -0.494 e. The van der Waals surface area contributed by atoms with Crippen molar-refractivity contribution in [2.45, 2.75) is 20.4 Å². The summed E-state index contributed by atoms with van der Waals surface area (Å²) in [6.45, 7) is 5.24. The Hall–Kier alpha value is -3.80. The predicted octanol–water partition coefficient (Wildman–Crippen LogP) is 4.58. The number of anilines is 1. The van der Waals surface area contributed by atoms with Gasteiger partial charge in [0.05, 0.1) is 24.2 Å². The summed E-state index contributed by atoms with van der Waals surface area (Å²) < 4.78 is 9.08. The summed E-state index contributed by atoms with van der Waals surface area (Å²) in [6.07, 6.45) is 5.71. The van der Waals surface area contributed by atoms with Gasteiger partial charge in [-0.2, -0.15) is 5.10 Å². The van der Waals surface area contributed by atoms with Crippen LogP contribution in [0.5, 0.6) is 5.75 Å². The van der Waals surface area contributed by atoms with Crippen molar-refractivity contribution in [3.63, 3.8) is 0 Å². The molecule has 4 rings (SSSR count). The lowest BCUT2D eigenvalue weighted by molar-refractivity contribution is 0.340. The van der Waals surface area contributed by atoms with E-state index < -0.39 is 0 Å². The van der Waals surface area contributed by atoms with Crippen molar-refractivity contribution in [3.8, 4) is 22.6 Å². The molecular weight excluding hydrogens is 400 g/mol. The Morgan fingerprint density at radius 1 is 1.06 bits per heavy atom. The normalized spacial score (nSPS) is 10.9. The summed E-state index contributed by atoms with van der Waals surface area (Å²) in [5.41, 5.74) is 5.68. The van der Waals surface area contributed by atoms with Gasteiger partial charge in [-0.05, 0) is 43.2 Å². The van der Waals surface area contributed by atoms with Crippen LogP contribution in [0.4, 0.5) is 5.69 Å². The van der Waals surface area contributed by atoms with Crippen LogP contribution in [0.1, 0.15) is 18.1 Å². The summed E-state index contributed by atoms with van der Waals surface area (Å²) in [6, 6.07) is 17.7. The molecule has 6 heteroatoms. The highest BCUT2D eigenvalue weighted by molar-refractivity contribution is 5.77. The summed E-state index contributed by atoms with van der Waals surface area (Å²) in [7, 11) is 3.90. The number of rotatable bonds is 7. The monoisotopic (exact) mass is 428 g/mol. The lowest BCUT2D eigenvalue weighted by atomic mass is 10.1. The van der Waals surface area contributed by atoms with E-state index in [-0.39, 0.29) is 5.56 Å². The van der Waals surface area contributed by atoms with E-state index in [1.807, 2.05) is 82.9 Å². The van der Waals surface area contributed by atoms with E-state index in [0.29, 0.717) is 13.2 Å². The zero-order valence-corrected chi connectivity index (χ0v) is 18.9. The van der Waals surface area contributed by atoms with E-state index >= 15 is 0 Å². The zero-order chi connectivity index (χ0) is 22.7. The zero-order valence-electron chi connectivity index (χ0n) is 18.9. The first-order valence-electron chi connectivity index (χ1n) is 10.7. The molecular formula is C26H28N4O2. The molecule has 0 saturated heterocycles. The van der Waals surface area contributed by atoms with Crippen LogP contribution in [0.25, 0.3) is 16.8 Å². The van der Waals surface area contributed by atoms with E-state index in [2.05, 4.69) is 22.1 Å².